The predicted octanol–water partition coefficient (Wildman–Crippen LogP) is 6.59. The van der Waals surface area contributed by atoms with Gasteiger partial charge in [0.1, 0.15) is 29.7 Å². The normalized spacial score (nSPS) is 11.0. The van der Waals surface area contributed by atoms with Crippen LogP contribution in [-0.2, 0) is 11.2 Å². The minimum absolute atomic E-state index is 0.176. The number of hydrogen-bond acceptors (Lipinski definition) is 4. The second kappa shape index (κ2) is 11.5. The van der Waals surface area contributed by atoms with Crippen LogP contribution in [0, 0.1) is 5.82 Å². The number of nitrogens with zero attached hydrogens (tertiary/aromatic N) is 2. The molecule has 0 bridgehead atoms. The largest absolute Gasteiger partial charge is 0.480 e. The standard InChI is InChI=1S/C26H31FN2O3/c1-3-4-5-6-7-8-9-19-10-15-23-22(16-19)24(32-21-13-11-20(27)12-14-21)17-25(28-23)29(2)18-26(30)31/h10-17H,3-9,18H2,1-2H3,(H,30,31). The second-order valence-electron chi connectivity index (χ2n) is 8.15. The van der Waals surface area contributed by atoms with E-state index in [1.165, 1.54) is 49.8 Å². The van der Waals surface area contributed by atoms with Crippen LogP contribution in [0.25, 0.3) is 10.9 Å². The summed E-state index contributed by atoms with van der Waals surface area (Å²) in [5.74, 6) is 0.302. The summed E-state index contributed by atoms with van der Waals surface area (Å²) in [6.07, 6.45) is 8.44. The van der Waals surface area contributed by atoms with Crippen molar-refractivity contribution >= 4 is 22.7 Å². The molecular weight excluding hydrogens is 407 g/mol. The molecule has 1 N–H and O–H groups in total. The van der Waals surface area contributed by atoms with E-state index in [0.717, 1.165) is 23.7 Å². The first-order valence-electron chi connectivity index (χ1n) is 11.3. The molecule has 0 aliphatic carbocycles. The number of halogens is 1. The van der Waals surface area contributed by atoms with Gasteiger partial charge in [0.25, 0.3) is 0 Å². The van der Waals surface area contributed by atoms with Gasteiger partial charge in [0.15, 0.2) is 0 Å². The van der Waals surface area contributed by atoms with Crippen LogP contribution in [0.2, 0.25) is 0 Å². The third-order valence-corrected chi connectivity index (χ3v) is 5.45. The summed E-state index contributed by atoms with van der Waals surface area (Å²) in [7, 11) is 1.68. The van der Waals surface area contributed by atoms with Crippen LogP contribution < -0.4 is 9.64 Å². The number of carbonyl (C=O) groups is 1. The molecule has 5 nitrogen and oxygen atoms in total. The Morgan fingerprint density at radius 1 is 1.03 bits per heavy atom. The average Bonchev–Trinajstić information content (AvgIpc) is 2.77. The smallest absolute Gasteiger partial charge is 0.323 e. The number of anilines is 1. The molecule has 170 valence electrons. The molecule has 3 rings (SSSR count). The molecule has 1 heterocycles. The molecule has 0 aliphatic heterocycles. The summed E-state index contributed by atoms with van der Waals surface area (Å²) < 4.78 is 19.4. The van der Waals surface area contributed by atoms with Gasteiger partial charge in [-0.05, 0) is 54.8 Å². The number of rotatable bonds is 12. The van der Waals surface area contributed by atoms with Gasteiger partial charge in [-0.25, -0.2) is 9.37 Å². The Hall–Kier alpha value is -3.15. The number of aliphatic carboxylic acids is 1. The first-order valence-corrected chi connectivity index (χ1v) is 11.3. The summed E-state index contributed by atoms with van der Waals surface area (Å²) in [5.41, 5.74) is 1.94. The zero-order chi connectivity index (χ0) is 22.9. The first kappa shape index (κ1) is 23.5. The highest BCUT2D eigenvalue weighted by molar-refractivity contribution is 5.88. The fourth-order valence-electron chi connectivity index (χ4n) is 3.69. The Kier molecular flexibility index (Phi) is 8.42. The lowest BCUT2D eigenvalue weighted by atomic mass is 10.0. The van der Waals surface area contributed by atoms with Gasteiger partial charge in [-0.15, -0.1) is 0 Å². The highest BCUT2D eigenvalue weighted by Crippen LogP contribution is 2.33. The number of fused-ring (bicyclic) bond motifs is 1. The molecule has 0 radical (unpaired) electrons. The number of unbranched alkanes of at least 4 members (excludes halogenated alkanes) is 5. The Balaban J connectivity index is 1.87. The Morgan fingerprint density at radius 3 is 2.47 bits per heavy atom. The second-order valence-corrected chi connectivity index (χ2v) is 8.15. The first-order chi connectivity index (χ1) is 15.5. The molecule has 2 aromatic carbocycles. The monoisotopic (exact) mass is 438 g/mol. The average molecular weight is 439 g/mol. The third-order valence-electron chi connectivity index (χ3n) is 5.45. The zero-order valence-corrected chi connectivity index (χ0v) is 18.8. The van der Waals surface area contributed by atoms with Crippen LogP contribution in [-0.4, -0.2) is 29.7 Å². The van der Waals surface area contributed by atoms with Gasteiger partial charge in [-0.2, -0.15) is 0 Å². The van der Waals surface area contributed by atoms with Crippen LogP contribution >= 0.6 is 0 Å². The van der Waals surface area contributed by atoms with Crippen molar-refractivity contribution in [2.24, 2.45) is 0 Å². The maximum Gasteiger partial charge on any atom is 0.323 e. The van der Waals surface area contributed by atoms with Crippen molar-refractivity contribution < 1.29 is 19.0 Å². The van der Waals surface area contributed by atoms with E-state index >= 15 is 0 Å². The molecule has 0 saturated heterocycles. The topological polar surface area (TPSA) is 62.7 Å². The number of aryl methyl sites for hydroxylation is 1. The van der Waals surface area contributed by atoms with Crippen molar-refractivity contribution in [1.29, 1.82) is 0 Å². The Bertz CT molecular complexity index is 1040. The maximum atomic E-state index is 13.3. The van der Waals surface area contributed by atoms with Crippen molar-refractivity contribution in [1.82, 2.24) is 4.98 Å². The SMILES string of the molecule is CCCCCCCCc1ccc2nc(N(C)CC(=O)O)cc(Oc3ccc(F)cc3)c2c1. The van der Waals surface area contributed by atoms with Gasteiger partial charge in [-0.1, -0.05) is 45.1 Å². The number of hydrogen-bond donors (Lipinski definition) is 1. The summed E-state index contributed by atoms with van der Waals surface area (Å²) >= 11 is 0. The van der Waals surface area contributed by atoms with Crippen LogP contribution in [0.4, 0.5) is 10.2 Å². The van der Waals surface area contributed by atoms with E-state index in [0.29, 0.717) is 17.3 Å². The molecule has 0 fully saturated rings. The van der Waals surface area contributed by atoms with Gasteiger partial charge < -0.3 is 14.7 Å². The number of likely N-dealkylation sites (N-methyl/N-ethyl adjacent to an activating group) is 1. The Labute approximate surface area is 188 Å². The summed E-state index contributed by atoms with van der Waals surface area (Å²) in [6.45, 7) is 2.05. The van der Waals surface area contributed by atoms with E-state index in [-0.39, 0.29) is 12.4 Å². The minimum atomic E-state index is -0.940. The van der Waals surface area contributed by atoms with E-state index in [2.05, 4.69) is 24.0 Å². The number of pyridine rings is 1. The lowest BCUT2D eigenvalue weighted by Gasteiger charge is -2.18. The third kappa shape index (κ3) is 6.67. The number of aromatic nitrogens is 1. The lowest BCUT2D eigenvalue weighted by Crippen LogP contribution is -2.25. The van der Waals surface area contributed by atoms with Crippen LogP contribution in [0.1, 0.15) is 51.0 Å². The molecular formula is C26H31FN2O3. The van der Waals surface area contributed by atoms with Gasteiger partial charge >= 0.3 is 5.97 Å². The number of carboxylic acids is 1. The van der Waals surface area contributed by atoms with Gasteiger partial charge in [-0.3, -0.25) is 4.79 Å². The summed E-state index contributed by atoms with van der Waals surface area (Å²) in [4.78, 5) is 17.3. The van der Waals surface area contributed by atoms with Crippen LogP contribution in [0.3, 0.4) is 0 Å². The lowest BCUT2D eigenvalue weighted by molar-refractivity contribution is -0.135. The summed E-state index contributed by atoms with van der Waals surface area (Å²) in [5, 5.41) is 9.99. The number of benzene rings is 2. The molecule has 0 aliphatic rings. The molecule has 32 heavy (non-hydrogen) atoms. The Morgan fingerprint density at radius 2 is 1.75 bits per heavy atom. The number of carboxylic acid groups (broad SMARTS) is 1. The van der Waals surface area contributed by atoms with Crippen molar-refractivity contribution in [3.8, 4) is 11.5 Å². The van der Waals surface area contributed by atoms with Gasteiger partial charge in [0, 0.05) is 18.5 Å². The molecule has 0 spiro atoms. The molecule has 0 amide bonds. The summed E-state index contributed by atoms with van der Waals surface area (Å²) in [6, 6.07) is 13.7. The molecule has 0 unspecified atom stereocenters. The van der Waals surface area contributed by atoms with Crippen molar-refractivity contribution in [2.75, 3.05) is 18.5 Å². The molecule has 1 aromatic heterocycles. The van der Waals surface area contributed by atoms with Crippen LogP contribution in [0.5, 0.6) is 11.5 Å². The highest BCUT2D eigenvalue weighted by Gasteiger charge is 2.14. The predicted molar refractivity (Wildman–Crippen MR) is 126 cm³/mol. The minimum Gasteiger partial charge on any atom is -0.480 e. The fraction of sp³-hybridized carbons (Fsp3) is 0.385. The van der Waals surface area contributed by atoms with Gasteiger partial charge in [0.05, 0.1) is 5.52 Å². The zero-order valence-electron chi connectivity index (χ0n) is 18.8. The molecule has 6 heteroatoms. The molecule has 3 aromatic rings. The van der Waals surface area contributed by atoms with E-state index in [1.807, 2.05) is 6.07 Å². The van der Waals surface area contributed by atoms with Crippen molar-refractivity contribution in [2.45, 2.75) is 51.9 Å². The molecule has 0 atom stereocenters. The quantitative estimate of drug-likeness (QED) is 0.323. The molecule has 0 saturated carbocycles. The van der Waals surface area contributed by atoms with Crippen molar-refractivity contribution in [3.05, 3.63) is 59.9 Å². The maximum absolute atomic E-state index is 13.3. The fourth-order valence-corrected chi connectivity index (χ4v) is 3.69. The number of ether oxygens (including phenoxy) is 1. The van der Waals surface area contributed by atoms with E-state index < -0.39 is 5.97 Å². The highest BCUT2D eigenvalue weighted by atomic mass is 19.1. The van der Waals surface area contributed by atoms with E-state index in [1.54, 1.807) is 30.1 Å². The van der Waals surface area contributed by atoms with E-state index in [9.17, 15) is 9.18 Å². The van der Waals surface area contributed by atoms with Crippen molar-refractivity contribution in [3.63, 3.8) is 0 Å². The van der Waals surface area contributed by atoms with Crippen LogP contribution in [0.15, 0.2) is 48.5 Å². The van der Waals surface area contributed by atoms with E-state index in [4.69, 9.17) is 9.84 Å². The van der Waals surface area contributed by atoms with Gasteiger partial charge in [0.2, 0.25) is 0 Å².